The first-order valence-electron chi connectivity index (χ1n) is 10.6. The van der Waals surface area contributed by atoms with Crippen LogP contribution in [0.1, 0.15) is 30.6 Å². The van der Waals surface area contributed by atoms with E-state index in [0.717, 1.165) is 16.1 Å². The van der Waals surface area contributed by atoms with E-state index >= 15 is 0 Å². The average molecular weight is 477 g/mol. The van der Waals surface area contributed by atoms with Gasteiger partial charge in [0, 0.05) is 29.4 Å². The van der Waals surface area contributed by atoms with Crippen molar-refractivity contribution in [2.75, 3.05) is 39.2 Å². The maximum atomic E-state index is 13.8. The average Bonchev–Trinajstić information content (AvgIpc) is 2.87. The van der Waals surface area contributed by atoms with Crippen LogP contribution in [0.25, 0.3) is 0 Å². The van der Waals surface area contributed by atoms with Gasteiger partial charge in [-0.3, -0.25) is 9.59 Å². The summed E-state index contributed by atoms with van der Waals surface area (Å²) < 4.78 is 11.1. The van der Waals surface area contributed by atoms with Crippen LogP contribution in [0.15, 0.2) is 47.4 Å². The van der Waals surface area contributed by atoms with Gasteiger partial charge >= 0.3 is 5.97 Å². The van der Waals surface area contributed by atoms with Crippen LogP contribution in [0.4, 0.5) is 5.69 Å². The third-order valence-corrected chi connectivity index (χ3v) is 6.77. The van der Waals surface area contributed by atoms with Gasteiger partial charge in [-0.05, 0) is 56.4 Å². The molecule has 0 N–H and O–H groups in total. The molecule has 2 aromatic carbocycles. The number of halogens is 1. The number of thioether (sulfide) groups is 1. The van der Waals surface area contributed by atoms with Crippen molar-refractivity contribution in [1.29, 1.82) is 0 Å². The molecule has 0 unspecified atom stereocenters. The molecule has 2 atom stereocenters. The summed E-state index contributed by atoms with van der Waals surface area (Å²) >= 11 is 7.80. The fourth-order valence-electron chi connectivity index (χ4n) is 3.49. The number of nitrogens with zero attached hydrogens (tertiary/aromatic N) is 2. The zero-order valence-corrected chi connectivity index (χ0v) is 20.4. The van der Waals surface area contributed by atoms with Crippen molar-refractivity contribution in [3.63, 3.8) is 0 Å². The Balaban J connectivity index is 2.08. The molecule has 0 spiro atoms. The molecule has 1 amide bonds. The SMILES string of the molecule is CCCC(=O)O[C@H]1C(=O)N(CCN(C)C)c2ccc(Cl)cc2S[C@H]1c1ccc(OC)cc1. The highest BCUT2D eigenvalue weighted by atomic mass is 35.5. The van der Waals surface area contributed by atoms with Crippen LogP contribution in [-0.4, -0.2) is 57.2 Å². The number of anilines is 1. The van der Waals surface area contributed by atoms with E-state index in [1.54, 1.807) is 18.1 Å². The minimum absolute atomic E-state index is 0.231. The van der Waals surface area contributed by atoms with Gasteiger partial charge in [-0.2, -0.15) is 0 Å². The molecule has 8 heteroatoms. The molecule has 32 heavy (non-hydrogen) atoms. The lowest BCUT2D eigenvalue weighted by atomic mass is 10.1. The Bertz CT molecular complexity index is 952. The number of amides is 1. The van der Waals surface area contributed by atoms with Gasteiger partial charge in [-0.1, -0.05) is 30.7 Å². The Hall–Kier alpha value is -2.22. The number of fused-ring (bicyclic) bond motifs is 1. The Morgan fingerprint density at radius 3 is 2.53 bits per heavy atom. The molecule has 0 saturated heterocycles. The molecule has 0 fully saturated rings. The Kier molecular flexibility index (Phi) is 8.45. The molecule has 0 radical (unpaired) electrons. The predicted octanol–water partition coefficient (Wildman–Crippen LogP) is 4.80. The molecule has 2 aromatic rings. The second-order valence-corrected chi connectivity index (χ2v) is 9.50. The molecule has 172 valence electrons. The lowest BCUT2D eigenvalue weighted by Gasteiger charge is -2.28. The minimum Gasteiger partial charge on any atom is -0.497 e. The monoisotopic (exact) mass is 476 g/mol. The summed E-state index contributed by atoms with van der Waals surface area (Å²) in [7, 11) is 5.52. The molecule has 3 rings (SSSR count). The number of ether oxygens (including phenoxy) is 2. The quantitative estimate of drug-likeness (QED) is 0.510. The van der Waals surface area contributed by atoms with Crippen molar-refractivity contribution in [3.8, 4) is 5.75 Å². The van der Waals surface area contributed by atoms with Crippen LogP contribution in [0.2, 0.25) is 5.02 Å². The second kappa shape index (κ2) is 11.1. The summed E-state index contributed by atoms with van der Waals surface area (Å²) in [5, 5.41) is 0.168. The van der Waals surface area contributed by atoms with E-state index in [9.17, 15) is 9.59 Å². The number of carbonyl (C=O) groups excluding carboxylic acids is 2. The van der Waals surface area contributed by atoms with Crippen LogP contribution >= 0.6 is 23.4 Å². The number of likely N-dealkylation sites (N-methyl/N-ethyl adjacent to an activating group) is 1. The number of carbonyl (C=O) groups is 2. The summed E-state index contributed by atoms with van der Waals surface area (Å²) in [6.07, 6.45) is -0.0404. The van der Waals surface area contributed by atoms with E-state index in [1.807, 2.05) is 62.3 Å². The van der Waals surface area contributed by atoms with E-state index in [-0.39, 0.29) is 18.3 Å². The number of benzene rings is 2. The number of esters is 1. The van der Waals surface area contributed by atoms with Gasteiger partial charge in [0.15, 0.2) is 6.10 Å². The molecule has 6 nitrogen and oxygen atoms in total. The normalized spacial score (nSPS) is 18.3. The molecular weight excluding hydrogens is 448 g/mol. The van der Waals surface area contributed by atoms with Crippen molar-refractivity contribution in [2.45, 2.75) is 36.0 Å². The minimum atomic E-state index is -0.958. The Morgan fingerprint density at radius 1 is 1.19 bits per heavy atom. The highest BCUT2D eigenvalue weighted by Gasteiger charge is 2.41. The van der Waals surface area contributed by atoms with Crippen LogP contribution in [0.5, 0.6) is 5.75 Å². The van der Waals surface area contributed by atoms with Gasteiger partial charge in [-0.15, -0.1) is 11.8 Å². The lowest BCUT2D eigenvalue weighted by molar-refractivity contribution is -0.155. The molecule has 0 aliphatic carbocycles. The van der Waals surface area contributed by atoms with Crippen molar-refractivity contribution in [2.24, 2.45) is 0 Å². The molecule has 1 heterocycles. The summed E-state index contributed by atoms with van der Waals surface area (Å²) in [5.41, 5.74) is 1.65. The van der Waals surface area contributed by atoms with Crippen molar-refractivity contribution >= 4 is 40.9 Å². The summed E-state index contributed by atoms with van der Waals surface area (Å²) in [5.74, 6) is 0.112. The fraction of sp³-hybridized carbons (Fsp3) is 0.417. The number of hydrogen-bond acceptors (Lipinski definition) is 6. The van der Waals surface area contributed by atoms with Crippen molar-refractivity contribution in [3.05, 3.63) is 53.1 Å². The van der Waals surface area contributed by atoms with Crippen molar-refractivity contribution in [1.82, 2.24) is 4.90 Å². The van der Waals surface area contributed by atoms with Crippen LogP contribution in [0, 0.1) is 0 Å². The van der Waals surface area contributed by atoms with Gasteiger partial charge in [0.25, 0.3) is 5.91 Å². The predicted molar refractivity (Wildman–Crippen MR) is 129 cm³/mol. The third kappa shape index (κ3) is 5.77. The number of hydrogen-bond donors (Lipinski definition) is 0. The maximum absolute atomic E-state index is 13.8. The van der Waals surface area contributed by atoms with Crippen LogP contribution < -0.4 is 9.64 Å². The lowest BCUT2D eigenvalue weighted by Crippen LogP contribution is -2.45. The maximum Gasteiger partial charge on any atom is 0.306 e. The third-order valence-electron chi connectivity index (χ3n) is 5.18. The Labute approximate surface area is 198 Å². The molecular formula is C24H29ClN2O4S. The van der Waals surface area contributed by atoms with Crippen LogP contribution in [-0.2, 0) is 14.3 Å². The topological polar surface area (TPSA) is 59.1 Å². The van der Waals surface area contributed by atoms with E-state index in [2.05, 4.69) is 0 Å². The molecule has 1 aliphatic heterocycles. The van der Waals surface area contributed by atoms with E-state index in [4.69, 9.17) is 21.1 Å². The van der Waals surface area contributed by atoms with E-state index in [0.29, 0.717) is 30.3 Å². The summed E-state index contributed by atoms with van der Waals surface area (Å²) in [4.78, 5) is 30.9. The van der Waals surface area contributed by atoms with Gasteiger partial charge < -0.3 is 19.3 Å². The first-order chi connectivity index (χ1) is 15.3. The van der Waals surface area contributed by atoms with Crippen molar-refractivity contribution < 1.29 is 19.1 Å². The summed E-state index contributed by atoms with van der Waals surface area (Å²) in [6, 6.07) is 13.0. The standard InChI is InChI=1S/C24H29ClN2O4S/c1-5-6-21(28)31-22-23(16-7-10-18(30-4)11-8-16)32-20-15-17(25)9-12-19(20)27(24(22)29)14-13-26(2)3/h7-12,15,22-23H,5-6,13-14H2,1-4H3/t22-,23+/m1/s1. The first-order valence-corrected chi connectivity index (χ1v) is 11.9. The Morgan fingerprint density at radius 2 is 1.91 bits per heavy atom. The van der Waals surface area contributed by atoms with Crippen LogP contribution in [0.3, 0.4) is 0 Å². The zero-order chi connectivity index (χ0) is 23.3. The van der Waals surface area contributed by atoms with E-state index in [1.165, 1.54) is 11.8 Å². The highest BCUT2D eigenvalue weighted by Crippen LogP contribution is 2.47. The summed E-state index contributed by atoms with van der Waals surface area (Å²) in [6.45, 7) is 3.05. The smallest absolute Gasteiger partial charge is 0.306 e. The molecule has 0 saturated carbocycles. The number of methoxy groups -OCH3 is 1. The highest BCUT2D eigenvalue weighted by molar-refractivity contribution is 7.99. The first kappa shape index (κ1) is 24.4. The second-order valence-electron chi connectivity index (χ2n) is 7.88. The molecule has 0 aromatic heterocycles. The zero-order valence-electron chi connectivity index (χ0n) is 18.8. The fourth-order valence-corrected chi connectivity index (χ4v) is 5.08. The van der Waals surface area contributed by atoms with Gasteiger partial charge in [-0.25, -0.2) is 0 Å². The number of rotatable bonds is 8. The van der Waals surface area contributed by atoms with Gasteiger partial charge in [0.1, 0.15) is 5.75 Å². The molecule has 1 aliphatic rings. The van der Waals surface area contributed by atoms with Gasteiger partial charge in [0.05, 0.1) is 18.0 Å². The molecule has 0 bridgehead atoms. The van der Waals surface area contributed by atoms with Gasteiger partial charge in [0.2, 0.25) is 0 Å². The van der Waals surface area contributed by atoms with E-state index < -0.39 is 11.4 Å². The largest absolute Gasteiger partial charge is 0.497 e.